The number of nitrogens with zero attached hydrogens (tertiary/aromatic N) is 16. The number of aromatic nitrogens is 17. The molecule has 7 aromatic carbocycles. The van der Waals surface area contributed by atoms with Gasteiger partial charge in [0.15, 0.2) is 22.6 Å². The Balaban J connectivity index is 0.000000132. The molecule has 10 heterocycles. The topological polar surface area (TPSA) is 486 Å². The molecule has 5 amide bonds. The minimum absolute atomic E-state index is 0.0215. The molecule has 18 rings (SSSR count). The van der Waals surface area contributed by atoms with E-state index >= 15 is 0 Å². The summed E-state index contributed by atoms with van der Waals surface area (Å²) in [5.74, 6) is 7.31. The molecule has 2 fully saturated rings. The molecule has 1 saturated heterocycles. The zero-order chi connectivity index (χ0) is 88.7. The number of nitrogens with two attached hydrogens (primary N) is 4. The lowest BCUT2D eigenvalue weighted by Gasteiger charge is -2.10. The van der Waals surface area contributed by atoms with E-state index in [1.165, 1.54) is 38.7 Å². The third kappa shape index (κ3) is 22.2. The number of para-hydroxylation sites is 3. The number of hydrogen-bond acceptors (Lipinski definition) is 26. The quantitative estimate of drug-likeness (QED) is 0.0218. The Morgan fingerprint density at radius 1 is 0.414 bits per heavy atom. The molecule has 9 aromatic heterocycles. The number of anilines is 4. The highest BCUT2D eigenvalue weighted by Gasteiger charge is 2.25. The van der Waals surface area contributed by atoms with Crippen molar-refractivity contribution in [1.82, 2.24) is 111 Å². The Hall–Kier alpha value is -16.3. The zero-order valence-corrected chi connectivity index (χ0v) is 70.2. The van der Waals surface area contributed by atoms with E-state index in [0.717, 1.165) is 83.3 Å². The first kappa shape index (κ1) is 86.7. The molecule has 0 spiro atoms. The summed E-state index contributed by atoms with van der Waals surface area (Å²) in [4.78, 5) is 95.1. The lowest BCUT2D eigenvalue weighted by Crippen LogP contribution is -2.34. The SMILES string of the molecule is CC(=O)NCCn1nc(-c2ccc(Oc3ccccc3)cc2)c2c(N)[nH]c(=O)nc21.CNC(=O)NCCn1nc(-c2ccc(Oc3ccccn3)cc2)c2c(N)ncnc21.Nc1ncnc2c1c(-c1ccc(Oc3ccccc3)cc1)nn2CCNC(=O)CC1CCCC1.Nc1ncnc2c1c(-c1ccc(Oc3ccccc3)cc1)nn2CCNC(=O)CC1CCCO1. The number of nitrogen functional groups attached to an aromatic ring is 4. The van der Waals surface area contributed by atoms with Crippen molar-refractivity contribution in [2.75, 3.05) is 62.8 Å². The van der Waals surface area contributed by atoms with E-state index in [1.807, 2.05) is 200 Å². The van der Waals surface area contributed by atoms with Gasteiger partial charge in [-0.05, 0) is 171 Å². The molecule has 652 valence electrons. The van der Waals surface area contributed by atoms with Gasteiger partial charge in [-0.25, -0.2) is 63.2 Å². The van der Waals surface area contributed by atoms with E-state index in [-0.39, 0.29) is 35.7 Å². The molecule has 1 atom stereocenters. The van der Waals surface area contributed by atoms with Crippen molar-refractivity contribution in [2.45, 2.75) is 90.6 Å². The highest BCUT2D eigenvalue weighted by Crippen LogP contribution is 2.38. The van der Waals surface area contributed by atoms with Crippen LogP contribution in [0.25, 0.3) is 89.2 Å². The first-order chi connectivity index (χ1) is 62.5. The number of pyridine rings is 1. The van der Waals surface area contributed by atoms with Crippen molar-refractivity contribution in [3.05, 3.63) is 242 Å². The van der Waals surface area contributed by atoms with Gasteiger partial charge in [-0.2, -0.15) is 25.4 Å². The van der Waals surface area contributed by atoms with Crippen LogP contribution in [0.1, 0.15) is 58.3 Å². The zero-order valence-electron chi connectivity index (χ0n) is 70.2. The Morgan fingerprint density at radius 2 is 0.789 bits per heavy atom. The number of nitrogens with one attached hydrogen (secondary N) is 6. The number of hydrogen-bond donors (Lipinski definition) is 10. The van der Waals surface area contributed by atoms with Gasteiger partial charge in [0, 0.05) is 87.7 Å². The highest BCUT2D eigenvalue weighted by atomic mass is 16.5. The van der Waals surface area contributed by atoms with Crippen LogP contribution in [0.5, 0.6) is 46.1 Å². The number of aromatic amines is 1. The Kier molecular flexibility index (Phi) is 28.3. The number of ether oxygens (including phenoxy) is 5. The number of urea groups is 1. The van der Waals surface area contributed by atoms with Crippen molar-refractivity contribution < 1.29 is 42.9 Å². The van der Waals surface area contributed by atoms with Gasteiger partial charge in [-0.15, -0.1) is 0 Å². The number of benzene rings is 7. The molecular weight excluding hydrogens is 1630 g/mol. The van der Waals surface area contributed by atoms with Gasteiger partial charge >= 0.3 is 11.7 Å². The largest absolute Gasteiger partial charge is 0.457 e. The van der Waals surface area contributed by atoms with Crippen molar-refractivity contribution >= 4 is 91.2 Å². The van der Waals surface area contributed by atoms with Gasteiger partial charge < -0.3 is 73.2 Å². The lowest BCUT2D eigenvalue weighted by atomic mass is 10.0. The van der Waals surface area contributed by atoms with Crippen LogP contribution in [0.3, 0.4) is 0 Å². The molecular formula is C92H94N26O10. The normalized spacial score (nSPS) is 12.8. The van der Waals surface area contributed by atoms with E-state index in [1.54, 1.807) is 38.0 Å². The molecule has 128 heavy (non-hydrogen) atoms. The molecule has 1 aliphatic heterocycles. The standard InChI is InChI=1S/C26H28N6O2.C25H26N6O3.C21H20N6O3.C20H20N8O2/c27-25-23-24(19-10-12-21(13-11-19)34-20-8-2-1-3-9-20)31-32(26(23)30-17-29-25)15-14-28-22(33)16-18-6-4-5-7-18;26-24-22-23(17-8-10-19(11-9-17)34-18-5-2-1-3-6-18)30-31(25(22)29-16-28-24)13-12-27-21(32)15-20-7-4-14-33-20;1-13(28)23-11-12-27-20-17(19(22)24-21(29)25-20)18(26-27)14-7-9-16(10-8-14)30-15-5-3-2-4-6-15;1-22-20(29)24-10-11-28-19-16(18(21)25-12-26-19)17(27-28)13-5-7-14(8-6-13)30-15-4-2-3-9-23-15/h1-3,8-13,17-18H,4-7,14-16H2,(H,28,33)(H2,27,29,30);1-3,5-6,8-11,16,20H,4,7,12-15H2,(H,27,32)(H2,26,28,29);2-10H,11-12H2,1H3,(H,23,28)(H3,22,24,25,29);2-9,12H,10-11H2,1H3,(H2,21,25,26)(H2,22,24,29). The van der Waals surface area contributed by atoms with E-state index in [9.17, 15) is 24.0 Å². The van der Waals surface area contributed by atoms with Crippen molar-refractivity contribution in [3.63, 3.8) is 0 Å². The van der Waals surface area contributed by atoms with Gasteiger partial charge in [0.25, 0.3) is 0 Å². The summed E-state index contributed by atoms with van der Waals surface area (Å²) in [6.07, 6.45) is 13.7. The maximum atomic E-state index is 12.3. The fourth-order valence-corrected chi connectivity index (χ4v) is 14.7. The average molecular weight is 1720 g/mol. The third-order valence-electron chi connectivity index (χ3n) is 20.8. The summed E-state index contributed by atoms with van der Waals surface area (Å²) in [5.41, 5.74) is 32.3. The van der Waals surface area contributed by atoms with E-state index in [0.29, 0.717) is 173 Å². The Morgan fingerprint density at radius 3 is 1.18 bits per heavy atom. The maximum absolute atomic E-state index is 12.3. The van der Waals surface area contributed by atoms with Gasteiger partial charge in [0.2, 0.25) is 23.6 Å². The van der Waals surface area contributed by atoms with Crippen LogP contribution in [0.4, 0.5) is 28.1 Å². The predicted molar refractivity (Wildman–Crippen MR) is 485 cm³/mol. The second-order valence-electron chi connectivity index (χ2n) is 29.8. The predicted octanol–water partition coefficient (Wildman–Crippen LogP) is 12.6. The summed E-state index contributed by atoms with van der Waals surface area (Å²) in [7, 11) is 1.56. The molecule has 36 heteroatoms. The fraction of sp³-hybridized carbons (Fsp3) is 0.228. The van der Waals surface area contributed by atoms with Crippen LogP contribution in [-0.4, -0.2) is 154 Å². The summed E-state index contributed by atoms with van der Waals surface area (Å²) >= 11 is 0. The van der Waals surface area contributed by atoms with Crippen LogP contribution in [-0.2, 0) is 45.3 Å². The first-order valence-corrected chi connectivity index (χ1v) is 41.7. The Labute approximate surface area is 733 Å². The van der Waals surface area contributed by atoms with Crippen molar-refractivity contribution in [3.8, 4) is 91.2 Å². The summed E-state index contributed by atoms with van der Waals surface area (Å²) < 4.78 is 35.7. The summed E-state index contributed by atoms with van der Waals surface area (Å²) in [6.45, 7) is 5.55. The number of rotatable bonds is 28. The number of amides is 5. The average Bonchev–Trinajstić information content (AvgIpc) is 1.58. The van der Waals surface area contributed by atoms with Crippen LogP contribution in [0.2, 0.25) is 0 Å². The number of fused-ring (bicyclic) bond motifs is 4. The van der Waals surface area contributed by atoms with Gasteiger partial charge in [-0.1, -0.05) is 73.5 Å². The van der Waals surface area contributed by atoms with E-state index in [2.05, 4.69) is 81.6 Å². The molecule has 1 saturated carbocycles. The second-order valence-corrected chi connectivity index (χ2v) is 29.8. The van der Waals surface area contributed by atoms with E-state index < -0.39 is 5.69 Å². The molecule has 1 unspecified atom stereocenters. The van der Waals surface area contributed by atoms with Gasteiger partial charge in [0.1, 0.15) is 105 Å². The van der Waals surface area contributed by atoms with Gasteiger partial charge in [0.05, 0.1) is 60.2 Å². The van der Waals surface area contributed by atoms with Crippen LogP contribution < -0.4 is 74.2 Å². The van der Waals surface area contributed by atoms with E-state index in [4.69, 9.17) is 56.8 Å². The molecule has 14 N–H and O–H groups in total. The number of carbonyl (C=O) groups is 4. The van der Waals surface area contributed by atoms with Crippen molar-refractivity contribution in [2.24, 2.45) is 5.92 Å². The number of H-pyrrole nitrogens is 1. The van der Waals surface area contributed by atoms with Crippen LogP contribution >= 0.6 is 0 Å². The van der Waals surface area contributed by atoms with Crippen molar-refractivity contribution in [1.29, 1.82) is 0 Å². The minimum Gasteiger partial charge on any atom is -0.457 e. The highest BCUT2D eigenvalue weighted by molar-refractivity contribution is 6.01. The second kappa shape index (κ2) is 41.7. The maximum Gasteiger partial charge on any atom is 0.348 e. The summed E-state index contributed by atoms with van der Waals surface area (Å²) in [5, 5.41) is 35.3. The molecule has 36 nitrogen and oxygen atoms in total. The van der Waals surface area contributed by atoms with Gasteiger partial charge in [-0.3, -0.25) is 19.4 Å². The molecule has 1 aliphatic carbocycles. The first-order valence-electron chi connectivity index (χ1n) is 41.7. The molecule has 16 aromatic rings. The molecule has 2 aliphatic rings. The number of carbonyl (C=O) groups excluding carboxylic acids is 4. The Bertz CT molecular complexity index is 6310. The van der Waals surface area contributed by atoms with Crippen LogP contribution in [0.15, 0.2) is 236 Å². The fourth-order valence-electron chi connectivity index (χ4n) is 14.7. The minimum atomic E-state index is -0.557. The molecule has 0 bridgehead atoms. The summed E-state index contributed by atoms with van der Waals surface area (Å²) in [6, 6.07) is 64.1. The lowest BCUT2D eigenvalue weighted by molar-refractivity contribution is -0.123. The van der Waals surface area contributed by atoms with Crippen LogP contribution in [0, 0.1) is 5.92 Å². The monoisotopic (exact) mass is 1720 g/mol. The molecule has 0 radical (unpaired) electrons. The smallest absolute Gasteiger partial charge is 0.348 e. The third-order valence-corrected chi connectivity index (χ3v) is 20.8.